The van der Waals surface area contributed by atoms with Gasteiger partial charge in [0.2, 0.25) is 11.7 Å². The molecule has 144 valence electrons. The Morgan fingerprint density at radius 3 is 2.54 bits per heavy atom. The zero-order valence-electron chi connectivity index (χ0n) is 15.0. The van der Waals surface area contributed by atoms with E-state index < -0.39 is 0 Å². The first kappa shape index (κ1) is 18.8. The summed E-state index contributed by atoms with van der Waals surface area (Å²) >= 11 is 12.0. The molecule has 2 aromatic carbocycles. The Labute approximate surface area is 172 Å². The monoisotopic (exact) mass is 416 g/mol. The number of carbonyl (C=O) groups is 1. The van der Waals surface area contributed by atoms with Crippen LogP contribution in [0.4, 0.5) is 5.69 Å². The third-order valence-electron chi connectivity index (χ3n) is 4.61. The summed E-state index contributed by atoms with van der Waals surface area (Å²) in [6.07, 6.45) is 2.06. The SMILES string of the molecule is O=C(c1cc(Cl)ccc1NCc1nc(-c2ccc(Cl)cc2)no1)N1CCCC1. The summed E-state index contributed by atoms with van der Waals surface area (Å²) in [5, 5.41) is 8.38. The molecule has 1 fully saturated rings. The summed E-state index contributed by atoms with van der Waals surface area (Å²) in [5.74, 6) is 0.882. The van der Waals surface area contributed by atoms with Crippen LogP contribution in [0.25, 0.3) is 11.4 Å². The molecule has 0 radical (unpaired) electrons. The van der Waals surface area contributed by atoms with Crippen molar-refractivity contribution in [2.45, 2.75) is 19.4 Å². The highest BCUT2D eigenvalue weighted by Crippen LogP contribution is 2.25. The van der Waals surface area contributed by atoms with Crippen LogP contribution in [-0.2, 0) is 6.54 Å². The van der Waals surface area contributed by atoms with Gasteiger partial charge < -0.3 is 14.7 Å². The fourth-order valence-electron chi connectivity index (χ4n) is 3.15. The maximum atomic E-state index is 12.8. The quantitative estimate of drug-likeness (QED) is 0.640. The van der Waals surface area contributed by atoms with Crippen LogP contribution in [0.2, 0.25) is 10.0 Å². The number of amides is 1. The number of halogens is 2. The molecular formula is C20H18Cl2N4O2. The van der Waals surface area contributed by atoms with Crippen molar-refractivity contribution in [3.8, 4) is 11.4 Å². The van der Waals surface area contributed by atoms with Crippen LogP contribution in [0.5, 0.6) is 0 Å². The minimum Gasteiger partial charge on any atom is -0.375 e. The number of benzene rings is 2. The lowest BCUT2D eigenvalue weighted by atomic mass is 10.1. The number of hydrogen-bond acceptors (Lipinski definition) is 5. The Hall–Kier alpha value is -2.57. The highest BCUT2D eigenvalue weighted by atomic mass is 35.5. The summed E-state index contributed by atoms with van der Waals surface area (Å²) in [5.41, 5.74) is 2.05. The lowest BCUT2D eigenvalue weighted by Gasteiger charge is -2.18. The molecule has 1 aliphatic rings. The van der Waals surface area contributed by atoms with Gasteiger partial charge in [-0.3, -0.25) is 4.79 Å². The second kappa shape index (κ2) is 8.20. The average molecular weight is 417 g/mol. The van der Waals surface area contributed by atoms with Crippen molar-refractivity contribution < 1.29 is 9.32 Å². The summed E-state index contributed by atoms with van der Waals surface area (Å²) < 4.78 is 5.32. The van der Waals surface area contributed by atoms with E-state index in [4.69, 9.17) is 27.7 Å². The smallest absolute Gasteiger partial charge is 0.256 e. The first-order valence-electron chi connectivity index (χ1n) is 9.01. The van der Waals surface area contributed by atoms with Gasteiger partial charge in [0.15, 0.2) is 0 Å². The molecule has 0 spiro atoms. The molecule has 6 nitrogen and oxygen atoms in total. The van der Waals surface area contributed by atoms with Gasteiger partial charge in [0.25, 0.3) is 5.91 Å². The van der Waals surface area contributed by atoms with E-state index in [1.807, 2.05) is 17.0 Å². The Morgan fingerprint density at radius 1 is 1.07 bits per heavy atom. The molecule has 1 amide bonds. The molecule has 8 heteroatoms. The van der Waals surface area contributed by atoms with Gasteiger partial charge >= 0.3 is 0 Å². The van der Waals surface area contributed by atoms with Gasteiger partial charge in [0, 0.05) is 34.4 Å². The maximum Gasteiger partial charge on any atom is 0.256 e. The lowest BCUT2D eigenvalue weighted by Crippen LogP contribution is -2.28. The van der Waals surface area contributed by atoms with Crippen molar-refractivity contribution in [1.29, 1.82) is 0 Å². The fourth-order valence-corrected chi connectivity index (χ4v) is 3.45. The molecule has 0 bridgehead atoms. The predicted octanol–water partition coefficient (Wildman–Crippen LogP) is 4.89. The summed E-state index contributed by atoms with van der Waals surface area (Å²) in [6, 6.07) is 12.4. The standard InChI is InChI=1S/C20H18Cl2N4O2/c21-14-5-3-13(4-6-14)19-24-18(28-25-19)12-23-17-8-7-15(22)11-16(17)20(27)26-9-1-2-10-26/h3-8,11,23H,1-2,9-10,12H2. The molecule has 1 aromatic heterocycles. The van der Waals surface area contributed by atoms with E-state index in [1.54, 1.807) is 30.3 Å². The molecule has 1 aliphatic heterocycles. The normalized spacial score (nSPS) is 13.7. The van der Waals surface area contributed by atoms with Gasteiger partial charge in [0.05, 0.1) is 12.1 Å². The average Bonchev–Trinajstić information content (AvgIpc) is 3.39. The third kappa shape index (κ3) is 4.13. The molecule has 0 aliphatic carbocycles. The summed E-state index contributed by atoms with van der Waals surface area (Å²) in [6.45, 7) is 1.85. The second-order valence-corrected chi connectivity index (χ2v) is 7.43. The van der Waals surface area contributed by atoms with Crippen LogP contribution in [0.1, 0.15) is 29.1 Å². The number of hydrogen-bond donors (Lipinski definition) is 1. The zero-order chi connectivity index (χ0) is 19.5. The van der Waals surface area contributed by atoms with E-state index in [-0.39, 0.29) is 5.91 Å². The van der Waals surface area contributed by atoms with Crippen LogP contribution >= 0.6 is 23.2 Å². The molecule has 28 heavy (non-hydrogen) atoms. The van der Waals surface area contributed by atoms with E-state index in [2.05, 4.69) is 15.5 Å². The number of likely N-dealkylation sites (tertiary alicyclic amines) is 1. The van der Waals surface area contributed by atoms with Crippen LogP contribution in [-0.4, -0.2) is 34.0 Å². The number of nitrogens with one attached hydrogen (secondary N) is 1. The first-order valence-corrected chi connectivity index (χ1v) is 9.77. The second-order valence-electron chi connectivity index (χ2n) is 6.56. The van der Waals surface area contributed by atoms with Crippen LogP contribution in [0.3, 0.4) is 0 Å². The summed E-state index contributed by atoms with van der Waals surface area (Å²) in [7, 11) is 0. The van der Waals surface area contributed by atoms with Crippen molar-refractivity contribution in [3.05, 3.63) is 64.0 Å². The van der Waals surface area contributed by atoms with Gasteiger partial charge in [-0.25, -0.2) is 0 Å². The largest absolute Gasteiger partial charge is 0.375 e. The predicted molar refractivity (Wildman–Crippen MR) is 109 cm³/mol. The van der Waals surface area contributed by atoms with Crippen molar-refractivity contribution in [3.63, 3.8) is 0 Å². The highest BCUT2D eigenvalue weighted by molar-refractivity contribution is 6.31. The Bertz CT molecular complexity index is 982. The molecule has 1 saturated heterocycles. The van der Waals surface area contributed by atoms with E-state index in [0.717, 1.165) is 31.5 Å². The van der Waals surface area contributed by atoms with E-state index >= 15 is 0 Å². The maximum absolute atomic E-state index is 12.8. The van der Waals surface area contributed by atoms with Gasteiger partial charge in [-0.1, -0.05) is 28.4 Å². The van der Waals surface area contributed by atoms with E-state index in [1.165, 1.54) is 0 Å². The van der Waals surface area contributed by atoms with Crippen molar-refractivity contribution in [1.82, 2.24) is 15.0 Å². The number of rotatable bonds is 5. The van der Waals surface area contributed by atoms with Crippen molar-refractivity contribution in [2.24, 2.45) is 0 Å². The number of carbonyl (C=O) groups excluding carboxylic acids is 1. The molecule has 0 unspecified atom stereocenters. The highest BCUT2D eigenvalue weighted by Gasteiger charge is 2.22. The minimum atomic E-state index is -0.0186. The zero-order valence-corrected chi connectivity index (χ0v) is 16.5. The number of nitrogens with zero attached hydrogens (tertiary/aromatic N) is 3. The Morgan fingerprint density at radius 2 is 1.79 bits per heavy atom. The van der Waals surface area contributed by atoms with Gasteiger partial charge in [-0.05, 0) is 55.3 Å². The third-order valence-corrected chi connectivity index (χ3v) is 5.09. The van der Waals surface area contributed by atoms with E-state index in [9.17, 15) is 4.79 Å². The van der Waals surface area contributed by atoms with Crippen LogP contribution in [0, 0.1) is 0 Å². The number of aromatic nitrogens is 2. The van der Waals surface area contributed by atoms with Gasteiger partial charge in [-0.15, -0.1) is 0 Å². The minimum absolute atomic E-state index is 0.0186. The van der Waals surface area contributed by atoms with Gasteiger partial charge in [0.1, 0.15) is 0 Å². The van der Waals surface area contributed by atoms with Crippen molar-refractivity contribution >= 4 is 34.8 Å². The molecule has 3 aromatic rings. The fraction of sp³-hybridized carbons (Fsp3) is 0.250. The van der Waals surface area contributed by atoms with Crippen LogP contribution in [0.15, 0.2) is 47.0 Å². The molecule has 0 atom stereocenters. The van der Waals surface area contributed by atoms with Crippen molar-refractivity contribution in [2.75, 3.05) is 18.4 Å². The molecule has 2 heterocycles. The topological polar surface area (TPSA) is 71.3 Å². The van der Waals surface area contributed by atoms with E-state index in [0.29, 0.717) is 39.6 Å². The molecule has 4 rings (SSSR count). The lowest BCUT2D eigenvalue weighted by molar-refractivity contribution is 0.0793. The molecular weight excluding hydrogens is 399 g/mol. The Balaban J connectivity index is 1.49. The Kier molecular flexibility index (Phi) is 5.50. The molecule has 1 N–H and O–H groups in total. The van der Waals surface area contributed by atoms with Crippen LogP contribution < -0.4 is 5.32 Å². The summed E-state index contributed by atoms with van der Waals surface area (Å²) in [4.78, 5) is 19.1. The first-order chi connectivity index (χ1) is 13.6. The van der Waals surface area contributed by atoms with Gasteiger partial charge in [-0.2, -0.15) is 4.98 Å². The number of anilines is 1. The molecule has 0 saturated carbocycles.